The fourth-order valence-corrected chi connectivity index (χ4v) is 2.28. The van der Waals surface area contributed by atoms with Crippen molar-refractivity contribution in [1.82, 2.24) is 4.90 Å². The summed E-state index contributed by atoms with van der Waals surface area (Å²) < 4.78 is 36.7. The molecule has 0 N–H and O–H groups in total. The maximum Gasteiger partial charge on any atom is 0.389 e. The SMILES string of the molecule is C=C(C)CN1C=CCC(CCCC(F)(F)F)=C/C1=C/CC. The van der Waals surface area contributed by atoms with Gasteiger partial charge in [-0.25, -0.2) is 0 Å². The Balaban J connectivity index is 2.75. The molecular weight excluding hydrogens is 275 g/mol. The number of allylic oxidation sites excluding steroid dienone is 4. The number of hydrogen-bond acceptors (Lipinski definition) is 1. The monoisotopic (exact) mass is 299 g/mol. The maximum absolute atomic E-state index is 12.2. The summed E-state index contributed by atoms with van der Waals surface area (Å²) >= 11 is 0. The largest absolute Gasteiger partial charge is 0.389 e. The third-order valence-electron chi connectivity index (χ3n) is 3.16. The van der Waals surface area contributed by atoms with Crippen LogP contribution in [0.5, 0.6) is 0 Å². The van der Waals surface area contributed by atoms with E-state index in [4.69, 9.17) is 0 Å². The Morgan fingerprint density at radius 2 is 2.14 bits per heavy atom. The van der Waals surface area contributed by atoms with Crippen LogP contribution in [0.4, 0.5) is 13.2 Å². The first kappa shape index (κ1) is 17.6. The molecule has 0 saturated carbocycles. The van der Waals surface area contributed by atoms with Gasteiger partial charge in [0.2, 0.25) is 0 Å². The number of halogens is 3. The first-order valence-electron chi connectivity index (χ1n) is 7.36. The van der Waals surface area contributed by atoms with Crippen LogP contribution in [-0.2, 0) is 0 Å². The molecule has 0 aromatic rings. The van der Waals surface area contributed by atoms with Crippen molar-refractivity contribution in [3.63, 3.8) is 0 Å². The lowest BCUT2D eigenvalue weighted by molar-refractivity contribution is -0.135. The summed E-state index contributed by atoms with van der Waals surface area (Å²) in [6.07, 6.45) is 5.63. The van der Waals surface area contributed by atoms with Gasteiger partial charge in [-0.1, -0.05) is 36.8 Å². The fourth-order valence-electron chi connectivity index (χ4n) is 2.28. The normalized spacial score (nSPS) is 17.9. The third kappa shape index (κ3) is 7.21. The van der Waals surface area contributed by atoms with Gasteiger partial charge < -0.3 is 4.90 Å². The van der Waals surface area contributed by atoms with Crippen LogP contribution in [0.3, 0.4) is 0 Å². The van der Waals surface area contributed by atoms with Crippen LogP contribution >= 0.6 is 0 Å². The van der Waals surface area contributed by atoms with Crippen LogP contribution in [0.15, 0.2) is 47.9 Å². The molecule has 4 heteroatoms. The molecule has 1 rings (SSSR count). The van der Waals surface area contributed by atoms with Gasteiger partial charge in [0.05, 0.1) is 0 Å². The number of hydrogen-bond donors (Lipinski definition) is 0. The summed E-state index contributed by atoms with van der Waals surface area (Å²) in [5, 5.41) is 0. The highest BCUT2D eigenvalue weighted by Crippen LogP contribution is 2.27. The quantitative estimate of drug-likeness (QED) is 0.566. The van der Waals surface area contributed by atoms with E-state index in [-0.39, 0.29) is 6.42 Å². The molecule has 0 spiro atoms. The molecule has 0 aromatic heterocycles. The van der Waals surface area contributed by atoms with Crippen LogP contribution < -0.4 is 0 Å². The van der Waals surface area contributed by atoms with Gasteiger partial charge in [0, 0.05) is 24.9 Å². The highest BCUT2D eigenvalue weighted by Gasteiger charge is 2.26. The van der Waals surface area contributed by atoms with Crippen molar-refractivity contribution in [2.75, 3.05) is 6.54 Å². The van der Waals surface area contributed by atoms with E-state index in [9.17, 15) is 13.2 Å². The van der Waals surface area contributed by atoms with Gasteiger partial charge in [-0.05, 0) is 38.7 Å². The van der Waals surface area contributed by atoms with Gasteiger partial charge in [0.1, 0.15) is 0 Å². The summed E-state index contributed by atoms with van der Waals surface area (Å²) in [5.74, 6) is 0. The van der Waals surface area contributed by atoms with Gasteiger partial charge in [0.15, 0.2) is 0 Å². The number of alkyl halides is 3. The predicted octanol–water partition coefficient (Wildman–Crippen LogP) is 5.73. The van der Waals surface area contributed by atoms with E-state index in [0.717, 1.165) is 29.8 Å². The highest BCUT2D eigenvalue weighted by molar-refractivity contribution is 5.29. The summed E-state index contributed by atoms with van der Waals surface area (Å²) in [6, 6.07) is 0. The van der Waals surface area contributed by atoms with Gasteiger partial charge >= 0.3 is 6.18 Å². The van der Waals surface area contributed by atoms with E-state index in [0.29, 0.717) is 12.8 Å². The van der Waals surface area contributed by atoms with Crippen molar-refractivity contribution in [2.24, 2.45) is 0 Å². The van der Waals surface area contributed by atoms with Crippen LogP contribution in [0, 0.1) is 0 Å². The zero-order chi connectivity index (χ0) is 15.9. The van der Waals surface area contributed by atoms with Gasteiger partial charge in [0.25, 0.3) is 0 Å². The van der Waals surface area contributed by atoms with Crippen molar-refractivity contribution in [2.45, 2.75) is 52.1 Å². The molecule has 0 unspecified atom stereocenters. The van der Waals surface area contributed by atoms with Crippen LogP contribution in [-0.4, -0.2) is 17.6 Å². The molecule has 0 bridgehead atoms. The van der Waals surface area contributed by atoms with E-state index < -0.39 is 12.6 Å². The lowest BCUT2D eigenvalue weighted by Crippen LogP contribution is -2.17. The Morgan fingerprint density at radius 3 is 2.71 bits per heavy atom. The predicted molar refractivity (Wildman–Crippen MR) is 81.6 cm³/mol. The molecule has 1 aliphatic rings. The lowest BCUT2D eigenvalue weighted by Gasteiger charge is -2.21. The van der Waals surface area contributed by atoms with Crippen molar-refractivity contribution in [1.29, 1.82) is 0 Å². The maximum atomic E-state index is 12.2. The molecule has 1 heterocycles. The lowest BCUT2D eigenvalue weighted by atomic mass is 10.0. The van der Waals surface area contributed by atoms with E-state index >= 15 is 0 Å². The third-order valence-corrected chi connectivity index (χ3v) is 3.16. The molecule has 0 amide bonds. The van der Waals surface area contributed by atoms with Gasteiger partial charge in [-0.3, -0.25) is 0 Å². The van der Waals surface area contributed by atoms with Gasteiger partial charge in [-0.15, -0.1) is 0 Å². The molecule has 0 atom stereocenters. The zero-order valence-electron chi connectivity index (χ0n) is 12.8. The Bertz CT molecular complexity index is 441. The summed E-state index contributed by atoms with van der Waals surface area (Å²) in [4.78, 5) is 2.10. The minimum absolute atomic E-state index is 0.156. The standard InChI is InChI=1S/C17H24F3N/c1-4-7-16-12-15(8-5-10-17(18,19)20)9-6-11-21(16)13-14(2)3/h6-7,11-12H,2,4-5,8-10,13H2,1,3H3/b16-7-. The first-order chi connectivity index (χ1) is 9.81. The fraction of sp³-hybridized carbons (Fsp3) is 0.529. The average Bonchev–Trinajstić information content (AvgIpc) is 2.51. The second-order valence-corrected chi connectivity index (χ2v) is 5.48. The highest BCUT2D eigenvalue weighted by atomic mass is 19.4. The molecule has 0 aliphatic carbocycles. The smallest absolute Gasteiger partial charge is 0.344 e. The number of rotatable bonds is 6. The topological polar surface area (TPSA) is 3.24 Å². The van der Waals surface area contributed by atoms with Crippen LogP contribution in [0.2, 0.25) is 0 Å². The molecule has 0 fully saturated rings. The van der Waals surface area contributed by atoms with Crippen molar-refractivity contribution in [3.05, 3.63) is 47.9 Å². The van der Waals surface area contributed by atoms with Crippen LogP contribution in [0.1, 0.15) is 46.0 Å². The summed E-state index contributed by atoms with van der Waals surface area (Å²) in [7, 11) is 0. The molecule has 21 heavy (non-hydrogen) atoms. The Morgan fingerprint density at radius 1 is 1.43 bits per heavy atom. The minimum Gasteiger partial charge on any atom is -0.344 e. The van der Waals surface area contributed by atoms with Crippen molar-refractivity contribution in [3.8, 4) is 0 Å². The minimum atomic E-state index is -4.06. The molecule has 0 aromatic carbocycles. The average molecular weight is 299 g/mol. The Labute approximate surface area is 125 Å². The molecule has 1 nitrogen and oxygen atoms in total. The van der Waals surface area contributed by atoms with E-state index in [2.05, 4.69) is 24.5 Å². The van der Waals surface area contributed by atoms with Crippen LogP contribution in [0.25, 0.3) is 0 Å². The molecule has 0 radical (unpaired) electrons. The molecule has 1 aliphatic heterocycles. The summed E-state index contributed by atoms with van der Waals surface area (Å²) in [6.45, 7) is 8.67. The zero-order valence-corrected chi connectivity index (χ0v) is 12.8. The molecular formula is C17H24F3N. The van der Waals surface area contributed by atoms with Gasteiger partial charge in [-0.2, -0.15) is 13.2 Å². The Kier molecular flexibility index (Phi) is 6.79. The second-order valence-electron chi connectivity index (χ2n) is 5.48. The van der Waals surface area contributed by atoms with Crippen molar-refractivity contribution >= 4 is 0 Å². The number of nitrogens with zero attached hydrogens (tertiary/aromatic N) is 1. The second kappa shape index (κ2) is 8.11. The van der Waals surface area contributed by atoms with E-state index in [1.807, 2.05) is 25.3 Å². The van der Waals surface area contributed by atoms with E-state index in [1.165, 1.54) is 0 Å². The summed E-state index contributed by atoms with van der Waals surface area (Å²) in [5.41, 5.74) is 3.16. The molecule has 118 valence electrons. The molecule has 0 saturated heterocycles. The van der Waals surface area contributed by atoms with E-state index in [1.54, 1.807) is 0 Å². The Hall–Kier alpha value is -1.45. The van der Waals surface area contributed by atoms with Crippen molar-refractivity contribution < 1.29 is 13.2 Å². The first-order valence-corrected chi connectivity index (χ1v) is 7.36.